The van der Waals surface area contributed by atoms with Gasteiger partial charge in [0.2, 0.25) is 0 Å². The number of rotatable bonds is 5. The van der Waals surface area contributed by atoms with Gasteiger partial charge in [0.25, 0.3) is 0 Å². The summed E-state index contributed by atoms with van der Waals surface area (Å²) in [7, 11) is 0. The summed E-state index contributed by atoms with van der Waals surface area (Å²) in [6, 6.07) is 0. The Morgan fingerprint density at radius 2 is 1.27 bits per heavy atom. The van der Waals surface area contributed by atoms with Crippen LogP contribution in [0.15, 0.2) is 0 Å². The van der Waals surface area contributed by atoms with Crippen LogP contribution in [0.1, 0.15) is 34.1 Å². The number of esters is 4. The van der Waals surface area contributed by atoms with Gasteiger partial charge in [0.15, 0.2) is 6.10 Å². The number of hydrogen-bond acceptors (Lipinski definition) is 8. The molecule has 0 bridgehead atoms. The van der Waals surface area contributed by atoms with Gasteiger partial charge in [-0.1, -0.05) is 0 Å². The van der Waals surface area contributed by atoms with Crippen molar-refractivity contribution in [2.45, 2.75) is 52.4 Å². The van der Waals surface area contributed by atoms with Gasteiger partial charge in [-0.25, -0.2) is 0 Å². The first-order valence-electron chi connectivity index (χ1n) is 6.85. The van der Waals surface area contributed by atoms with E-state index in [0.717, 1.165) is 0 Å². The third kappa shape index (κ3) is 5.34. The Labute approximate surface area is 128 Å². The van der Waals surface area contributed by atoms with Crippen molar-refractivity contribution in [2.75, 3.05) is 6.61 Å². The van der Waals surface area contributed by atoms with Gasteiger partial charge in [-0.15, -0.1) is 0 Å². The summed E-state index contributed by atoms with van der Waals surface area (Å²) >= 11 is 0. The molecule has 8 heteroatoms. The Kier molecular flexibility index (Phi) is 6.33. The minimum Gasteiger partial charge on any atom is -0.465 e. The molecule has 4 atom stereocenters. The number of hydrogen-bond donors (Lipinski definition) is 0. The van der Waals surface area contributed by atoms with E-state index in [1.165, 1.54) is 27.7 Å². The molecular weight excluding hydrogens is 296 g/mol. The largest absolute Gasteiger partial charge is 0.465 e. The van der Waals surface area contributed by atoms with Crippen molar-refractivity contribution in [3.05, 3.63) is 0 Å². The zero-order valence-corrected chi connectivity index (χ0v) is 13.0. The quantitative estimate of drug-likeness (QED) is 0.529. The van der Waals surface area contributed by atoms with Crippen LogP contribution in [0.25, 0.3) is 0 Å². The van der Waals surface area contributed by atoms with E-state index in [0.29, 0.717) is 0 Å². The number of ether oxygens (including phenoxy) is 4. The van der Waals surface area contributed by atoms with Gasteiger partial charge in [0.05, 0.1) is 6.61 Å². The second-order valence-corrected chi connectivity index (χ2v) is 5.09. The molecular formula is C14H20O8. The fraction of sp³-hybridized carbons (Fsp3) is 0.714. The highest BCUT2D eigenvalue weighted by molar-refractivity contribution is 5.68. The average molecular weight is 316 g/mol. The molecule has 0 spiro atoms. The van der Waals surface area contributed by atoms with Crippen LogP contribution in [0.4, 0.5) is 0 Å². The maximum Gasteiger partial charge on any atom is 0.303 e. The number of carbonyl (C=O) groups is 4. The van der Waals surface area contributed by atoms with E-state index in [1.54, 1.807) is 0 Å². The first kappa shape index (κ1) is 17.9. The fourth-order valence-electron chi connectivity index (χ4n) is 2.45. The van der Waals surface area contributed by atoms with Crippen molar-refractivity contribution in [2.24, 2.45) is 5.92 Å². The molecule has 1 saturated carbocycles. The molecule has 0 unspecified atom stereocenters. The van der Waals surface area contributed by atoms with Crippen LogP contribution >= 0.6 is 0 Å². The lowest BCUT2D eigenvalue weighted by Crippen LogP contribution is -2.40. The zero-order chi connectivity index (χ0) is 16.9. The summed E-state index contributed by atoms with van der Waals surface area (Å²) < 4.78 is 20.4. The molecule has 0 amide bonds. The van der Waals surface area contributed by atoms with Crippen molar-refractivity contribution < 1.29 is 38.1 Å². The standard InChI is InChI=1S/C14H20O8/c1-7(15)19-6-11-5-12(20-8(2)16)14(22-10(4)18)13(11)21-9(3)17/h11-14H,5-6H2,1-4H3/t11-,12+,13-,14-/m1/s1. The first-order valence-corrected chi connectivity index (χ1v) is 6.85. The molecule has 1 fully saturated rings. The summed E-state index contributed by atoms with van der Waals surface area (Å²) in [5.74, 6) is -2.62. The zero-order valence-electron chi connectivity index (χ0n) is 13.0. The second kappa shape index (κ2) is 7.77. The van der Waals surface area contributed by atoms with Gasteiger partial charge in [-0.3, -0.25) is 19.2 Å². The Bertz CT molecular complexity index is 458. The molecule has 124 valence electrons. The maximum absolute atomic E-state index is 11.3. The van der Waals surface area contributed by atoms with E-state index in [1.807, 2.05) is 0 Å². The van der Waals surface area contributed by atoms with Crippen molar-refractivity contribution >= 4 is 23.9 Å². The van der Waals surface area contributed by atoms with Crippen LogP contribution in [0.2, 0.25) is 0 Å². The van der Waals surface area contributed by atoms with E-state index >= 15 is 0 Å². The van der Waals surface area contributed by atoms with Crippen molar-refractivity contribution in [1.82, 2.24) is 0 Å². The molecule has 8 nitrogen and oxygen atoms in total. The lowest BCUT2D eigenvalue weighted by Gasteiger charge is -2.25. The van der Waals surface area contributed by atoms with E-state index in [9.17, 15) is 19.2 Å². The fourth-order valence-corrected chi connectivity index (χ4v) is 2.45. The minimum absolute atomic E-state index is 0.0250. The maximum atomic E-state index is 11.3. The molecule has 0 heterocycles. The first-order chi connectivity index (χ1) is 10.2. The lowest BCUT2D eigenvalue weighted by atomic mass is 10.1. The normalized spacial score (nSPS) is 26.9. The Hall–Kier alpha value is -2.12. The van der Waals surface area contributed by atoms with Crippen LogP contribution < -0.4 is 0 Å². The predicted octanol–water partition coefficient (Wildman–Crippen LogP) is 0.364. The van der Waals surface area contributed by atoms with Crippen LogP contribution in [0.5, 0.6) is 0 Å². The summed E-state index contributed by atoms with van der Waals surface area (Å²) in [5, 5.41) is 0. The van der Waals surface area contributed by atoms with E-state index < -0.39 is 48.1 Å². The highest BCUT2D eigenvalue weighted by Crippen LogP contribution is 2.34. The van der Waals surface area contributed by atoms with Gasteiger partial charge < -0.3 is 18.9 Å². The van der Waals surface area contributed by atoms with E-state index in [2.05, 4.69) is 0 Å². The second-order valence-electron chi connectivity index (χ2n) is 5.09. The van der Waals surface area contributed by atoms with E-state index in [4.69, 9.17) is 18.9 Å². The third-order valence-corrected chi connectivity index (χ3v) is 3.11. The van der Waals surface area contributed by atoms with Gasteiger partial charge in [0.1, 0.15) is 12.2 Å². The Morgan fingerprint density at radius 1 is 0.773 bits per heavy atom. The van der Waals surface area contributed by atoms with Gasteiger partial charge in [-0.05, 0) is 6.42 Å². The molecule has 0 N–H and O–H groups in total. The Morgan fingerprint density at radius 3 is 1.73 bits per heavy atom. The van der Waals surface area contributed by atoms with Gasteiger partial charge in [0, 0.05) is 33.6 Å². The molecule has 0 saturated heterocycles. The molecule has 0 aliphatic heterocycles. The number of carbonyl (C=O) groups excluding carboxylic acids is 4. The smallest absolute Gasteiger partial charge is 0.303 e. The van der Waals surface area contributed by atoms with Crippen molar-refractivity contribution in [3.8, 4) is 0 Å². The molecule has 0 aromatic heterocycles. The van der Waals surface area contributed by atoms with Crippen LogP contribution in [-0.4, -0.2) is 48.8 Å². The lowest BCUT2D eigenvalue weighted by molar-refractivity contribution is -0.176. The SMILES string of the molecule is CC(=O)OC[C@H]1C[C@H](OC(C)=O)[C@@H](OC(C)=O)[C@@H]1OC(C)=O. The molecule has 1 aliphatic carbocycles. The highest BCUT2D eigenvalue weighted by atomic mass is 16.6. The molecule has 0 aromatic carbocycles. The van der Waals surface area contributed by atoms with Crippen LogP contribution in [0.3, 0.4) is 0 Å². The molecule has 1 aliphatic rings. The minimum atomic E-state index is -0.925. The highest BCUT2D eigenvalue weighted by Gasteiger charge is 2.50. The third-order valence-electron chi connectivity index (χ3n) is 3.11. The molecule has 0 radical (unpaired) electrons. The van der Waals surface area contributed by atoms with Crippen molar-refractivity contribution in [1.29, 1.82) is 0 Å². The summed E-state index contributed by atoms with van der Waals surface area (Å²) in [5.41, 5.74) is 0. The summed E-state index contributed by atoms with van der Waals surface area (Å²) in [6.07, 6.45) is -2.27. The van der Waals surface area contributed by atoms with Gasteiger partial charge in [-0.2, -0.15) is 0 Å². The molecule has 0 aromatic rings. The Balaban J connectivity index is 2.94. The summed E-state index contributed by atoms with van der Waals surface area (Å²) in [6.45, 7) is 4.87. The van der Waals surface area contributed by atoms with Gasteiger partial charge >= 0.3 is 23.9 Å². The molecule has 1 rings (SSSR count). The average Bonchev–Trinajstić information content (AvgIpc) is 2.63. The predicted molar refractivity (Wildman–Crippen MR) is 71.4 cm³/mol. The van der Waals surface area contributed by atoms with Crippen molar-refractivity contribution in [3.63, 3.8) is 0 Å². The topological polar surface area (TPSA) is 105 Å². The summed E-state index contributed by atoms with van der Waals surface area (Å²) in [4.78, 5) is 44.6. The molecule has 22 heavy (non-hydrogen) atoms. The monoisotopic (exact) mass is 316 g/mol. The van der Waals surface area contributed by atoms with E-state index in [-0.39, 0.29) is 13.0 Å². The van der Waals surface area contributed by atoms with Crippen LogP contribution in [0, 0.1) is 5.92 Å². The van der Waals surface area contributed by atoms with Crippen LogP contribution in [-0.2, 0) is 38.1 Å².